The first kappa shape index (κ1) is 19.3. The van der Waals surface area contributed by atoms with Crippen LogP contribution in [0.15, 0.2) is 28.6 Å². The third-order valence-electron chi connectivity index (χ3n) is 4.66. The number of aryl methyl sites for hydroxylation is 1. The average Bonchev–Trinajstić information content (AvgIpc) is 3.07. The van der Waals surface area contributed by atoms with E-state index in [0.29, 0.717) is 5.69 Å². The van der Waals surface area contributed by atoms with Gasteiger partial charge in [0.25, 0.3) is 5.91 Å². The number of carbonyl (C=O) groups is 1. The number of hydrogen-bond donors (Lipinski definition) is 2. The van der Waals surface area contributed by atoms with Crippen LogP contribution in [0.2, 0.25) is 0 Å². The Morgan fingerprint density at radius 2 is 2.15 bits per heavy atom. The molecule has 1 aromatic carbocycles. The SMILES string of the molecule is Cc1csc(C(=O)Nc2ccc(F)c([C@]3(C)CC[C@@](F)(CF)C(N)=N3)c2)n1. The highest BCUT2D eigenvalue weighted by Gasteiger charge is 2.44. The van der Waals surface area contributed by atoms with Crippen molar-refractivity contribution in [2.24, 2.45) is 10.7 Å². The van der Waals surface area contributed by atoms with Gasteiger partial charge in [-0.1, -0.05) is 0 Å². The number of alkyl halides is 2. The zero-order valence-corrected chi connectivity index (χ0v) is 15.7. The monoisotopic (exact) mass is 396 g/mol. The van der Waals surface area contributed by atoms with Gasteiger partial charge in [0.05, 0.1) is 5.54 Å². The molecule has 2 heterocycles. The lowest BCUT2D eigenvalue weighted by molar-refractivity contribution is 0.102. The van der Waals surface area contributed by atoms with Gasteiger partial charge in [0.2, 0.25) is 0 Å². The molecule has 0 spiro atoms. The summed E-state index contributed by atoms with van der Waals surface area (Å²) in [7, 11) is 0. The Bertz CT molecular complexity index is 916. The fourth-order valence-corrected chi connectivity index (χ4v) is 3.67. The number of hydrogen-bond acceptors (Lipinski definition) is 5. The molecule has 144 valence electrons. The number of amidine groups is 1. The van der Waals surface area contributed by atoms with Crippen LogP contribution in [0.1, 0.15) is 40.8 Å². The number of aromatic nitrogens is 1. The molecule has 0 saturated heterocycles. The van der Waals surface area contributed by atoms with Gasteiger partial charge in [-0.3, -0.25) is 9.79 Å². The smallest absolute Gasteiger partial charge is 0.284 e. The molecule has 1 aliphatic heterocycles. The molecular formula is C18H19F3N4OS. The van der Waals surface area contributed by atoms with Crippen LogP contribution in [0.4, 0.5) is 18.9 Å². The van der Waals surface area contributed by atoms with Crippen molar-refractivity contribution >= 4 is 28.8 Å². The summed E-state index contributed by atoms with van der Waals surface area (Å²) in [5, 5.41) is 4.70. The number of nitrogens with one attached hydrogen (secondary N) is 1. The number of thiazole rings is 1. The summed E-state index contributed by atoms with van der Waals surface area (Å²) >= 11 is 1.20. The molecule has 1 amide bonds. The van der Waals surface area contributed by atoms with Crippen LogP contribution in [-0.4, -0.2) is 29.1 Å². The summed E-state index contributed by atoms with van der Waals surface area (Å²) < 4.78 is 41.7. The van der Waals surface area contributed by atoms with Gasteiger partial charge in [-0.15, -0.1) is 11.3 Å². The maximum Gasteiger partial charge on any atom is 0.284 e. The Morgan fingerprint density at radius 1 is 1.41 bits per heavy atom. The van der Waals surface area contributed by atoms with Crippen LogP contribution in [0.3, 0.4) is 0 Å². The molecule has 2 atom stereocenters. The largest absolute Gasteiger partial charge is 0.385 e. The lowest BCUT2D eigenvalue weighted by Gasteiger charge is -2.36. The van der Waals surface area contributed by atoms with Crippen molar-refractivity contribution < 1.29 is 18.0 Å². The lowest BCUT2D eigenvalue weighted by Crippen LogP contribution is -2.48. The van der Waals surface area contributed by atoms with Crippen molar-refractivity contribution in [3.05, 3.63) is 45.7 Å². The molecule has 0 aliphatic carbocycles. The number of carbonyl (C=O) groups excluding carboxylic acids is 1. The third kappa shape index (κ3) is 3.69. The number of amides is 1. The van der Waals surface area contributed by atoms with E-state index in [-0.39, 0.29) is 23.4 Å². The quantitative estimate of drug-likeness (QED) is 0.823. The van der Waals surface area contributed by atoms with Gasteiger partial charge < -0.3 is 11.1 Å². The summed E-state index contributed by atoms with van der Waals surface area (Å²) in [5.74, 6) is -1.46. The molecule has 3 rings (SSSR count). The van der Waals surface area contributed by atoms with Crippen LogP contribution in [0, 0.1) is 12.7 Å². The number of anilines is 1. The summed E-state index contributed by atoms with van der Waals surface area (Å²) in [4.78, 5) is 20.4. The number of nitrogens with two attached hydrogens (primary N) is 1. The molecular weight excluding hydrogens is 377 g/mol. The highest BCUT2D eigenvalue weighted by Crippen LogP contribution is 2.41. The first-order chi connectivity index (χ1) is 12.7. The van der Waals surface area contributed by atoms with Gasteiger partial charge >= 0.3 is 0 Å². The van der Waals surface area contributed by atoms with Gasteiger partial charge in [-0.2, -0.15) is 0 Å². The van der Waals surface area contributed by atoms with Gasteiger partial charge in [0.1, 0.15) is 18.3 Å². The maximum atomic E-state index is 14.5. The summed E-state index contributed by atoms with van der Waals surface area (Å²) in [6.45, 7) is 2.11. The second-order valence-electron chi connectivity index (χ2n) is 6.81. The minimum atomic E-state index is -2.31. The number of benzene rings is 1. The zero-order valence-electron chi connectivity index (χ0n) is 14.9. The minimum absolute atomic E-state index is 0.0775. The van der Waals surface area contributed by atoms with Gasteiger partial charge in [0, 0.05) is 22.3 Å². The Kier molecular flexibility index (Phi) is 4.98. The van der Waals surface area contributed by atoms with E-state index in [0.717, 1.165) is 5.69 Å². The van der Waals surface area contributed by atoms with Crippen LogP contribution in [-0.2, 0) is 5.54 Å². The molecule has 0 bridgehead atoms. The van der Waals surface area contributed by atoms with Gasteiger partial charge in [-0.05, 0) is 44.9 Å². The van der Waals surface area contributed by atoms with E-state index in [9.17, 15) is 18.0 Å². The van der Waals surface area contributed by atoms with Crippen molar-refractivity contribution in [2.75, 3.05) is 12.0 Å². The van der Waals surface area contributed by atoms with Crippen LogP contribution >= 0.6 is 11.3 Å². The molecule has 1 aromatic heterocycles. The lowest BCUT2D eigenvalue weighted by atomic mass is 9.80. The van der Waals surface area contributed by atoms with E-state index in [1.54, 1.807) is 19.2 Å². The first-order valence-electron chi connectivity index (χ1n) is 8.31. The standard InChI is InChI=1S/C18H19F3N4OS/c1-10-8-27-15(23-10)14(26)24-11-3-4-13(20)12(7-11)17(2)5-6-18(21,9-19)16(22)25-17/h3-4,7-8H,5-6,9H2,1-2H3,(H2,22,25)(H,24,26)/t17-,18+/m0/s1. The second-order valence-corrected chi connectivity index (χ2v) is 7.67. The molecule has 0 unspecified atom stereocenters. The van der Waals surface area contributed by atoms with Crippen LogP contribution < -0.4 is 11.1 Å². The van der Waals surface area contributed by atoms with E-state index in [1.165, 1.54) is 29.5 Å². The number of halogens is 3. The van der Waals surface area contributed by atoms with E-state index < -0.39 is 35.4 Å². The average molecular weight is 396 g/mol. The Labute approximate surface area is 158 Å². The van der Waals surface area contributed by atoms with E-state index in [4.69, 9.17) is 5.73 Å². The van der Waals surface area contributed by atoms with E-state index in [1.807, 2.05) is 0 Å². The van der Waals surface area contributed by atoms with Gasteiger partial charge in [-0.25, -0.2) is 18.2 Å². The summed E-state index contributed by atoms with van der Waals surface area (Å²) in [6.07, 6.45) is -0.127. The van der Waals surface area contributed by atoms with Gasteiger partial charge in [0.15, 0.2) is 10.7 Å². The molecule has 2 aromatic rings. The third-order valence-corrected chi connectivity index (χ3v) is 5.62. The Balaban J connectivity index is 1.91. The number of nitrogens with zero attached hydrogens (tertiary/aromatic N) is 2. The normalized spacial score (nSPS) is 25.1. The predicted molar refractivity (Wildman–Crippen MR) is 99.2 cm³/mol. The fraction of sp³-hybridized carbons (Fsp3) is 0.389. The molecule has 1 aliphatic rings. The van der Waals surface area contributed by atoms with Crippen molar-refractivity contribution in [2.45, 2.75) is 37.9 Å². The molecule has 0 radical (unpaired) electrons. The highest BCUT2D eigenvalue weighted by molar-refractivity contribution is 7.11. The molecule has 0 saturated carbocycles. The minimum Gasteiger partial charge on any atom is -0.385 e. The predicted octanol–water partition coefficient (Wildman–Crippen LogP) is 3.89. The van der Waals surface area contributed by atoms with Crippen LogP contribution in [0.25, 0.3) is 0 Å². The number of rotatable bonds is 4. The Hall–Kier alpha value is -2.42. The fourth-order valence-electron chi connectivity index (χ4n) is 2.98. The van der Waals surface area contributed by atoms with Crippen molar-refractivity contribution in [3.8, 4) is 0 Å². The summed E-state index contributed by atoms with van der Waals surface area (Å²) in [6, 6.07) is 4.05. The van der Waals surface area contributed by atoms with Crippen LogP contribution in [0.5, 0.6) is 0 Å². The zero-order chi connectivity index (χ0) is 19.8. The van der Waals surface area contributed by atoms with Crippen molar-refractivity contribution in [1.29, 1.82) is 0 Å². The second kappa shape index (κ2) is 6.95. The first-order valence-corrected chi connectivity index (χ1v) is 9.19. The summed E-state index contributed by atoms with van der Waals surface area (Å²) in [5.41, 5.74) is 3.38. The van der Waals surface area contributed by atoms with Crippen molar-refractivity contribution in [1.82, 2.24) is 4.98 Å². The Morgan fingerprint density at radius 3 is 2.74 bits per heavy atom. The highest BCUT2D eigenvalue weighted by atomic mass is 32.1. The number of aliphatic imine (C=N–C) groups is 1. The van der Waals surface area contributed by atoms with Crippen molar-refractivity contribution in [3.63, 3.8) is 0 Å². The topological polar surface area (TPSA) is 80.4 Å². The molecule has 5 nitrogen and oxygen atoms in total. The van der Waals surface area contributed by atoms with E-state index in [2.05, 4.69) is 15.3 Å². The molecule has 0 fully saturated rings. The molecule has 9 heteroatoms. The maximum absolute atomic E-state index is 14.5. The molecule has 27 heavy (non-hydrogen) atoms. The molecule has 3 N–H and O–H groups in total. The van der Waals surface area contributed by atoms with E-state index >= 15 is 0 Å².